The van der Waals surface area contributed by atoms with Gasteiger partial charge in [-0.05, 0) is 65.2 Å². The van der Waals surface area contributed by atoms with Crippen LogP contribution in [0.1, 0.15) is 32.6 Å². The van der Waals surface area contributed by atoms with Crippen molar-refractivity contribution in [2.24, 2.45) is 5.92 Å². The molecule has 0 bridgehead atoms. The number of nitrogens with one attached hydrogen (secondary N) is 1. The molecule has 1 aliphatic rings. The molecule has 0 aromatic rings. The van der Waals surface area contributed by atoms with Crippen LogP contribution in [0.4, 0.5) is 0 Å². The van der Waals surface area contributed by atoms with Gasteiger partial charge in [-0.25, -0.2) is 0 Å². The molecular weight excluding hydrogens is 200 g/mol. The van der Waals surface area contributed by atoms with Crippen LogP contribution < -0.4 is 5.32 Å². The lowest BCUT2D eigenvalue weighted by Gasteiger charge is -2.26. The third-order valence-corrected chi connectivity index (χ3v) is 3.68. The van der Waals surface area contributed by atoms with E-state index in [1.807, 2.05) is 0 Å². The molecule has 1 heterocycles. The molecule has 0 saturated carbocycles. The maximum Gasteiger partial charge on any atom is 0.0615 e. The molecule has 0 amide bonds. The highest BCUT2D eigenvalue weighted by Gasteiger charge is 2.13. The van der Waals surface area contributed by atoms with Crippen molar-refractivity contribution in [1.82, 2.24) is 10.2 Å². The van der Waals surface area contributed by atoms with Crippen LogP contribution in [0.2, 0.25) is 0 Å². The normalized spacial score (nSPS) is 23.6. The van der Waals surface area contributed by atoms with Gasteiger partial charge in [-0.3, -0.25) is 0 Å². The van der Waals surface area contributed by atoms with Gasteiger partial charge in [0.2, 0.25) is 0 Å². The van der Waals surface area contributed by atoms with Crippen LogP contribution in [0.25, 0.3) is 0 Å². The van der Waals surface area contributed by atoms with E-state index in [0.717, 1.165) is 12.5 Å². The fourth-order valence-electron chi connectivity index (χ4n) is 2.39. The molecule has 0 aromatic heterocycles. The quantitative estimate of drug-likeness (QED) is 0.718. The van der Waals surface area contributed by atoms with E-state index in [4.69, 9.17) is 4.74 Å². The third kappa shape index (κ3) is 5.28. The Morgan fingerprint density at radius 1 is 1.50 bits per heavy atom. The molecule has 0 spiro atoms. The predicted molar refractivity (Wildman–Crippen MR) is 68.8 cm³/mol. The van der Waals surface area contributed by atoms with Crippen molar-refractivity contribution in [3.05, 3.63) is 0 Å². The number of methoxy groups -OCH3 is 1. The lowest BCUT2D eigenvalue weighted by Crippen LogP contribution is -2.34. The summed E-state index contributed by atoms with van der Waals surface area (Å²) in [6.45, 7) is 6.72. The van der Waals surface area contributed by atoms with E-state index in [1.54, 1.807) is 7.11 Å². The van der Waals surface area contributed by atoms with Gasteiger partial charge in [0.25, 0.3) is 0 Å². The first-order valence-electron chi connectivity index (χ1n) is 6.64. The number of nitrogens with zero attached hydrogens (tertiary/aromatic N) is 1. The molecule has 3 heteroatoms. The molecular formula is C13H28N2O. The lowest BCUT2D eigenvalue weighted by atomic mass is 9.94. The first-order valence-corrected chi connectivity index (χ1v) is 6.64. The molecule has 2 atom stereocenters. The second-order valence-corrected chi connectivity index (χ2v) is 5.14. The summed E-state index contributed by atoms with van der Waals surface area (Å²) >= 11 is 0. The number of ether oxygens (including phenoxy) is 1. The second-order valence-electron chi connectivity index (χ2n) is 5.14. The zero-order valence-corrected chi connectivity index (χ0v) is 11.2. The summed E-state index contributed by atoms with van der Waals surface area (Å²) in [4.78, 5) is 2.40. The highest BCUT2D eigenvalue weighted by molar-refractivity contribution is 4.70. The van der Waals surface area contributed by atoms with Crippen LogP contribution in [-0.2, 0) is 4.74 Å². The van der Waals surface area contributed by atoms with Crippen molar-refractivity contribution >= 4 is 0 Å². The Morgan fingerprint density at radius 3 is 2.94 bits per heavy atom. The highest BCUT2D eigenvalue weighted by Crippen LogP contribution is 2.16. The van der Waals surface area contributed by atoms with Gasteiger partial charge in [-0.1, -0.05) is 0 Å². The third-order valence-electron chi connectivity index (χ3n) is 3.68. The Kier molecular flexibility index (Phi) is 7.01. The van der Waals surface area contributed by atoms with Crippen molar-refractivity contribution in [3.8, 4) is 0 Å². The van der Waals surface area contributed by atoms with Crippen LogP contribution in [0.5, 0.6) is 0 Å². The minimum Gasteiger partial charge on any atom is -0.383 e. The summed E-state index contributed by atoms with van der Waals surface area (Å²) in [7, 11) is 3.97. The fraction of sp³-hybridized carbons (Fsp3) is 1.00. The Hall–Kier alpha value is -0.120. The van der Waals surface area contributed by atoms with Crippen LogP contribution in [0, 0.1) is 5.92 Å². The standard InChI is InChI=1S/C13H28N2O/c1-12(11-16-3)15(2)9-5-7-13-6-4-8-14-10-13/h12-14H,4-11H2,1-3H3. The molecule has 2 unspecified atom stereocenters. The molecule has 3 nitrogen and oxygen atoms in total. The predicted octanol–water partition coefficient (Wildman–Crippen LogP) is 1.73. The molecule has 96 valence electrons. The van der Waals surface area contributed by atoms with E-state index in [-0.39, 0.29) is 0 Å². The van der Waals surface area contributed by atoms with E-state index in [9.17, 15) is 0 Å². The molecule has 1 N–H and O–H groups in total. The van der Waals surface area contributed by atoms with Crippen molar-refractivity contribution < 1.29 is 4.74 Å². The Morgan fingerprint density at radius 2 is 2.31 bits per heavy atom. The lowest BCUT2D eigenvalue weighted by molar-refractivity contribution is 0.113. The van der Waals surface area contributed by atoms with Gasteiger partial charge in [-0.15, -0.1) is 0 Å². The first kappa shape index (κ1) is 13.9. The number of hydrogen-bond donors (Lipinski definition) is 1. The van der Waals surface area contributed by atoms with Gasteiger partial charge in [0, 0.05) is 13.2 Å². The Balaban J connectivity index is 2.04. The van der Waals surface area contributed by atoms with E-state index in [2.05, 4.69) is 24.2 Å². The minimum atomic E-state index is 0.537. The van der Waals surface area contributed by atoms with Gasteiger partial charge < -0.3 is 15.0 Å². The average molecular weight is 228 g/mol. The first-order chi connectivity index (χ1) is 7.74. The van der Waals surface area contributed by atoms with Crippen LogP contribution >= 0.6 is 0 Å². The maximum atomic E-state index is 5.17. The summed E-state index contributed by atoms with van der Waals surface area (Å²) in [6, 6.07) is 0.537. The van der Waals surface area contributed by atoms with Gasteiger partial charge in [0.1, 0.15) is 0 Å². The summed E-state index contributed by atoms with van der Waals surface area (Å²) in [5.41, 5.74) is 0. The van der Waals surface area contributed by atoms with Crippen molar-refractivity contribution in [2.45, 2.75) is 38.6 Å². The largest absolute Gasteiger partial charge is 0.383 e. The molecule has 1 aliphatic heterocycles. The topological polar surface area (TPSA) is 24.5 Å². The summed E-state index contributed by atoms with van der Waals surface area (Å²) in [5.74, 6) is 0.917. The summed E-state index contributed by atoms with van der Waals surface area (Å²) < 4.78 is 5.17. The second kappa shape index (κ2) is 8.04. The van der Waals surface area contributed by atoms with Gasteiger partial charge >= 0.3 is 0 Å². The van der Waals surface area contributed by atoms with Gasteiger partial charge in [0.15, 0.2) is 0 Å². The van der Waals surface area contributed by atoms with Crippen molar-refractivity contribution in [2.75, 3.05) is 40.4 Å². The molecule has 0 aliphatic carbocycles. The molecule has 16 heavy (non-hydrogen) atoms. The Labute approximate surface area is 101 Å². The summed E-state index contributed by atoms with van der Waals surface area (Å²) in [6.07, 6.45) is 5.47. The molecule has 1 fully saturated rings. The number of rotatable bonds is 7. The van der Waals surface area contributed by atoms with Crippen molar-refractivity contribution in [1.29, 1.82) is 0 Å². The van der Waals surface area contributed by atoms with E-state index in [1.165, 1.54) is 45.3 Å². The minimum absolute atomic E-state index is 0.537. The molecule has 0 radical (unpaired) electrons. The molecule has 1 saturated heterocycles. The van der Waals surface area contributed by atoms with E-state index in [0.29, 0.717) is 6.04 Å². The SMILES string of the molecule is COCC(C)N(C)CCCC1CCCNC1. The zero-order valence-electron chi connectivity index (χ0n) is 11.2. The average Bonchev–Trinajstić information content (AvgIpc) is 2.30. The molecule has 1 rings (SSSR count). The van der Waals surface area contributed by atoms with Crippen LogP contribution in [0.3, 0.4) is 0 Å². The number of likely N-dealkylation sites (N-methyl/N-ethyl adjacent to an activating group) is 1. The van der Waals surface area contributed by atoms with Crippen molar-refractivity contribution in [3.63, 3.8) is 0 Å². The van der Waals surface area contributed by atoms with Crippen LogP contribution in [0.15, 0.2) is 0 Å². The Bertz CT molecular complexity index is 169. The summed E-state index contributed by atoms with van der Waals surface area (Å²) in [5, 5.41) is 3.48. The highest BCUT2D eigenvalue weighted by atomic mass is 16.5. The number of piperidine rings is 1. The molecule has 0 aromatic carbocycles. The fourth-order valence-corrected chi connectivity index (χ4v) is 2.39. The monoisotopic (exact) mass is 228 g/mol. The van der Waals surface area contributed by atoms with E-state index < -0.39 is 0 Å². The number of hydrogen-bond acceptors (Lipinski definition) is 3. The van der Waals surface area contributed by atoms with E-state index >= 15 is 0 Å². The van der Waals surface area contributed by atoms with Crippen LogP contribution in [-0.4, -0.2) is 51.3 Å². The van der Waals surface area contributed by atoms with Gasteiger partial charge in [0.05, 0.1) is 6.61 Å². The smallest absolute Gasteiger partial charge is 0.0615 e. The zero-order chi connectivity index (χ0) is 11.8. The van der Waals surface area contributed by atoms with Gasteiger partial charge in [-0.2, -0.15) is 0 Å². The maximum absolute atomic E-state index is 5.17.